The van der Waals surface area contributed by atoms with E-state index in [9.17, 15) is 4.79 Å². The summed E-state index contributed by atoms with van der Waals surface area (Å²) in [6, 6.07) is 5.74. The molecular weight excluding hydrogens is 355 g/mol. The molecule has 0 radical (unpaired) electrons. The summed E-state index contributed by atoms with van der Waals surface area (Å²) in [7, 11) is 0. The number of allylic oxidation sites excluding steroid dienone is 1. The second-order valence-electron chi connectivity index (χ2n) is 2.87. The van der Waals surface area contributed by atoms with Crippen LogP contribution in [0, 0.1) is 3.57 Å². The molecule has 0 aliphatic carbocycles. The molecule has 1 rings (SSSR count). The van der Waals surface area contributed by atoms with Crippen molar-refractivity contribution in [1.82, 2.24) is 0 Å². The van der Waals surface area contributed by atoms with Crippen LogP contribution in [0.3, 0.4) is 0 Å². The van der Waals surface area contributed by atoms with Gasteiger partial charge in [0.05, 0.1) is 0 Å². The van der Waals surface area contributed by atoms with Crippen LogP contribution < -0.4 is 0 Å². The van der Waals surface area contributed by atoms with E-state index in [4.69, 9.17) is 0 Å². The summed E-state index contributed by atoms with van der Waals surface area (Å²) in [5, 5.41) is 0. The van der Waals surface area contributed by atoms with Gasteiger partial charge in [-0.1, -0.05) is 22.0 Å². The first-order chi connectivity index (χ1) is 6.65. The fraction of sp³-hybridized carbons (Fsp3) is 0.182. The number of carbonyl (C=O) groups excluding carboxylic acids is 1. The molecule has 0 bridgehead atoms. The molecule has 0 aliphatic rings. The van der Waals surface area contributed by atoms with Gasteiger partial charge in [-0.2, -0.15) is 0 Å². The predicted octanol–water partition coefficient (Wildman–Crippen LogP) is 4.20. The lowest BCUT2D eigenvalue weighted by Crippen LogP contribution is -2.00. The van der Waals surface area contributed by atoms with Crippen molar-refractivity contribution in [3.8, 4) is 0 Å². The van der Waals surface area contributed by atoms with Crippen LogP contribution in [0.5, 0.6) is 0 Å². The maximum atomic E-state index is 11.7. The molecule has 0 unspecified atom stereocenters. The summed E-state index contributed by atoms with van der Waals surface area (Å²) in [5.41, 5.74) is 0.793. The molecule has 1 nitrogen and oxygen atoms in total. The van der Waals surface area contributed by atoms with E-state index < -0.39 is 0 Å². The lowest BCUT2D eigenvalue weighted by Gasteiger charge is -2.03. The number of hydrogen-bond acceptors (Lipinski definition) is 1. The monoisotopic (exact) mass is 364 g/mol. The SMILES string of the molecule is C=CCCC(=O)c1cc(Br)ccc1I. The Balaban J connectivity index is 2.88. The molecule has 74 valence electrons. The number of ketones is 1. The highest BCUT2D eigenvalue weighted by atomic mass is 127. The van der Waals surface area contributed by atoms with Crippen LogP contribution in [-0.4, -0.2) is 5.78 Å². The van der Waals surface area contributed by atoms with Gasteiger partial charge in [-0.25, -0.2) is 0 Å². The van der Waals surface area contributed by atoms with Crippen molar-refractivity contribution in [2.75, 3.05) is 0 Å². The lowest BCUT2D eigenvalue weighted by atomic mass is 10.1. The van der Waals surface area contributed by atoms with Crippen molar-refractivity contribution >= 4 is 44.3 Å². The average molecular weight is 365 g/mol. The maximum Gasteiger partial charge on any atom is 0.164 e. The third-order valence-electron chi connectivity index (χ3n) is 1.80. The second kappa shape index (κ2) is 5.66. The smallest absolute Gasteiger partial charge is 0.164 e. The van der Waals surface area contributed by atoms with E-state index >= 15 is 0 Å². The highest BCUT2D eigenvalue weighted by Crippen LogP contribution is 2.20. The minimum absolute atomic E-state index is 0.176. The summed E-state index contributed by atoms with van der Waals surface area (Å²) < 4.78 is 1.94. The molecular formula is C11H10BrIO. The Morgan fingerprint density at radius 3 is 2.93 bits per heavy atom. The van der Waals surface area contributed by atoms with Gasteiger partial charge in [-0.05, 0) is 47.2 Å². The average Bonchev–Trinajstić information content (AvgIpc) is 2.18. The Morgan fingerprint density at radius 1 is 1.57 bits per heavy atom. The topological polar surface area (TPSA) is 17.1 Å². The zero-order valence-electron chi connectivity index (χ0n) is 7.59. The highest BCUT2D eigenvalue weighted by molar-refractivity contribution is 14.1. The normalized spacial score (nSPS) is 9.86. The first-order valence-electron chi connectivity index (χ1n) is 4.24. The van der Waals surface area contributed by atoms with Crippen molar-refractivity contribution in [2.45, 2.75) is 12.8 Å². The molecule has 1 aromatic rings. The second-order valence-corrected chi connectivity index (χ2v) is 4.95. The van der Waals surface area contributed by atoms with Crippen LogP contribution in [0.15, 0.2) is 35.3 Å². The van der Waals surface area contributed by atoms with E-state index in [1.165, 1.54) is 0 Å². The molecule has 0 saturated heterocycles. The first-order valence-corrected chi connectivity index (χ1v) is 6.11. The molecule has 3 heteroatoms. The van der Waals surface area contributed by atoms with Crippen LogP contribution in [0.25, 0.3) is 0 Å². The summed E-state index contributed by atoms with van der Waals surface area (Å²) in [5.74, 6) is 0.176. The van der Waals surface area contributed by atoms with E-state index in [2.05, 4.69) is 45.1 Å². The Labute approximate surface area is 106 Å². The van der Waals surface area contributed by atoms with E-state index in [1.807, 2.05) is 18.2 Å². The zero-order chi connectivity index (χ0) is 10.6. The molecule has 0 atom stereocenters. The highest BCUT2D eigenvalue weighted by Gasteiger charge is 2.09. The summed E-state index contributed by atoms with van der Waals surface area (Å²) in [6.45, 7) is 3.60. The van der Waals surface area contributed by atoms with Gasteiger partial charge in [0, 0.05) is 20.0 Å². The quantitative estimate of drug-likeness (QED) is 0.444. The Hall–Kier alpha value is -0.160. The summed E-state index contributed by atoms with van der Waals surface area (Å²) >= 11 is 5.53. The molecule has 0 amide bonds. The van der Waals surface area contributed by atoms with Gasteiger partial charge in [0.1, 0.15) is 0 Å². The maximum absolute atomic E-state index is 11.7. The van der Waals surface area contributed by atoms with Crippen LogP contribution in [0.4, 0.5) is 0 Å². The van der Waals surface area contributed by atoms with Gasteiger partial charge >= 0.3 is 0 Å². The standard InChI is InChI=1S/C11H10BrIO/c1-2-3-4-11(14)9-7-8(12)5-6-10(9)13/h2,5-7H,1,3-4H2. The number of rotatable bonds is 4. The Kier molecular flexibility index (Phi) is 4.81. The van der Waals surface area contributed by atoms with Crippen LogP contribution >= 0.6 is 38.5 Å². The molecule has 14 heavy (non-hydrogen) atoms. The van der Waals surface area contributed by atoms with Gasteiger partial charge in [0.2, 0.25) is 0 Å². The molecule has 0 aromatic heterocycles. The van der Waals surface area contributed by atoms with Crippen LogP contribution in [0.1, 0.15) is 23.2 Å². The zero-order valence-corrected chi connectivity index (χ0v) is 11.3. The fourth-order valence-corrected chi connectivity index (χ4v) is 2.08. The van der Waals surface area contributed by atoms with Crippen molar-refractivity contribution in [1.29, 1.82) is 0 Å². The fourth-order valence-electron chi connectivity index (χ4n) is 1.08. The Morgan fingerprint density at radius 2 is 2.29 bits per heavy atom. The lowest BCUT2D eigenvalue weighted by molar-refractivity contribution is 0.0983. The van der Waals surface area contributed by atoms with E-state index in [0.717, 1.165) is 20.0 Å². The van der Waals surface area contributed by atoms with Gasteiger partial charge < -0.3 is 0 Å². The van der Waals surface area contributed by atoms with E-state index in [-0.39, 0.29) is 5.78 Å². The van der Waals surface area contributed by atoms with Gasteiger partial charge in [-0.15, -0.1) is 6.58 Å². The van der Waals surface area contributed by atoms with Gasteiger partial charge in [0.25, 0.3) is 0 Å². The first kappa shape index (κ1) is 11.9. The molecule has 0 spiro atoms. The van der Waals surface area contributed by atoms with Crippen molar-refractivity contribution in [3.05, 3.63) is 44.5 Å². The van der Waals surface area contributed by atoms with Crippen LogP contribution in [0.2, 0.25) is 0 Å². The minimum atomic E-state index is 0.176. The van der Waals surface area contributed by atoms with E-state index in [1.54, 1.807) is 6.08 Å². The third-order valence-corrected chi connectivity index (χ3v) is 3.24. The third kappa shape index (κ3) is 3.20. The molecule has 1 aromatic carbocycles. The number of hydrogen-bond donors (Lipinski definition) is 0. The number of carbonyl (C=O) groups is 1. The number of benzene rings is 1. The summed E-state index contributed by atoms with van der Waals surface area (Å²) in [6.07, 6.45) is 3.04. The van der Waals surface area contributed by atoms with Crippen LogP contribution in [-0.2, 0) is 0 Å². The molecule has 0 saturated carbocycles. The Bertz CT molecular complexity index is 360. The van der Waals surface area contributed by atoms with Crippen molar-refractivity contribution in [3.63, 3.8) is 0 Å². The molecule has 0 heterocycles. The molecule has 0 aliphatic heterocycles. The largest absolute Gasteiger partial charge is 0.294 e. The molecule has 0 N–H and O–H groups in total. The van der Waals surface area contributed by atoms with E-state index in [0.29, 0.717) is 6.42 Å². The number of Topliss-reactive ketones (excluding diaryl/α,β-unsaturated/α-hetero) is 1. The molecule has 0 fully saturated rings. The minimum Gasteiger partial charge on any atom is -0.294 e. The van der Waals surface area contributed by atoms with Gasteiger partial charge in [0.15, 0.2) is 5.78 Å². The van der Waals surface area contributed by atoms with Crippen molar-refractivity contribution < 1.29 is 4.79 Å². The summed E-state index contributed by atoms with van der Waals surface area (Å²) in [4.78, 5) is 11.7. The van der Waals surface area contributed by atoms with Gasteiger partial charge in [-0.3, -0.25) is 4.79 Å². The van der Waals surface area contributed by atoms with Crippen molar-refractivity contribution in [2.24, 2.45) is 0 Å². The predicted molar refractivity (Wildman–Crippen MR) is 70.6 cm³/mol. The number of halogens is 2.